The van der Waals surface area contributed by atoms with Crippen molar-refractivity contribution in [1.29, 1.82) is 0 Å². The van der Waals surface area contributed by atoms with Crippen LogP contribution in [0.1, 0.15) is 48.5 Å². The molecule has 0 N–H and O–H groups in total. The smallest absolute Gasteiger partial charge is 0.261 e. The molecular formula is C29H42O4Si. The lowest BCUT2D eigenvalue weighted by molar-refractivity contribution is -0.273. The van der Waals surface area contributed by atoms with Gasteiger partial charge in [-0.2, -0.15) is 0 Å². The highest BCUT2D eigenvalue weighted by Gasteiger charge is 2.77. The van der Waals surface area contributed by atoms with Crippen LogP contribution in [0.25, 0.3) is 0 Å². The maximum Gasteiger partial charge on any atom is 0.261 e. The van der Waals surface area contributed by atoms with Crippen molar-refractivity contribution in [2.75, 3.05) is 20.8 Å². The summed E-state index contributed by atoms with van der Waals surface area (Å²) in [7, 11) is 0.812. The van der Waals surface area contributed by atoms with Crippen LogP contribution in [0, 0.1) is 16.7 Å². The van der Waals surface area contributed by atoms with Gasteiger partial charge in [-0.05, 0) is 20.8 Å². The number of methoxy groups -OCH3 is 2. The molecule has 34 heavy (non-hydrogen) atoms. The van der Waals surface area contributed by atoms with Crippen LogP contribution in [-0.2, 0) is 18.6 Å². The summed E-state index contributed by atoms with van der Waals surface area (Å²) in [5.41, 5.74) is -0.864. The van der Waals surface area contributed by atoms with Crippen LogP contribution in [0.4, 0.5) is 0 Å². The average Bonchev–Trinajstić information content (AvgIpc) is 3.20. The summed E-state index contributed by atoms with van der Waals surface area (Å²) < 4.78 is 26.2. The van der Waals surface area contributed by atoms with Gasteiger partial charge in [0.1, 0.15) is 5.60 Å². The number of hydrogen-bond donors (Lipinski definition) is 0. The molecule has 0 spiro atoms. The number of rotatable bonds is 7. The molecule has 5 heteroatoms. The molecule has 1 saturated heterocycles. The molecule has 2 aromatic rings. The van der Waals surface area contributed by atoms with E-state index >= 15 is 0 Å². The zero-order valence-electron chi connectivity index (χ0n) is 22.3. The van der Waals surface area contributed by atoms with Crippen LogP contribution in [0.5, 0.6) is 0 Å². The molecule has 0 amide bonds. The van der Waals surface area contributed by atoms with E-state index in [1.807, 2.05) is 0 Å². The lowest BCUT2D eigenvalue weighted by Crippen LogP contribution is -2.69. The quantitative estimate of drug-likeness (QED) is 0.521. The fourth-order valence-electron chi connectivity index (χ4n) is 6.77. The van der Waals surface area contributed by atoms with Crippen molar-refractivity contribution in [3.63, 3.8) is 0 Å². The summed E-state index contributed by atoms with van der Waals surface area (Å²) in [5.74, 6) is 0.125. The van der Waals surface area contributed by atoms with Gasteiger partial charge in [-0.3, -0.25) is 0 Å². The molecule has 1 aliphatic heterocycles. The van der Waals surface area contributed by atoms with E-state index in [-0.39, 0.29) is 34.2 Å². The van der Waals surface area contributed by atoms with Gasteiger partial charge in [0.2, 0.25) is 0 Å². The summed E-state index contributed by atoms with van der Waals surface area (Å²) in [4.78, 5) is 0. The molecular weight excluding hydrogens is 440 g/mol. The first-order chi connectivity index (χ1) is 15.9. The lowest BCUT2D eigenvalue weighted by Gasteiger charge is -2.53. The van der Waals surface area contributed by atoms with Crippen LogP contribution in [0.15, 0.2) is 60.7 Å². The molecule has 2 aromatic carbocycles. The Morgan fingerprint density at radius 1 is 0.824 bits per heavy atom. The molecule has 1 saturated carbocycles. The van der Waals surface area contributed by atoms with Crippen LogP contribution in [0.3, 0.4) is 0 Å². The zero-order valence-corrected chi connectivity index (χ0v) is 23.3. The summed E-state index contributed by atoms with van der Waals surface area (Å²) in [6.07, 6.45) is -0.420. The van der Waals surface area contributed by atoms with Crippen LogP contribution >= 0.6 is 0 Å². The van der Waals surface area contributed by atoms with Crippen molar-refractivity contribution in [1.82, 2.24) is 0 Å². The largest absolute Gasteiger partial charge is 0.404 e. The van der Waals surface area contributed by atoms with E-state index in [4.69, 9.17) is 18.6 Å². The topological polar surface area (TPSA) is 36.9 Å². The average molecular weight is 483 g/mol. The second-order valence-corrected chi connectivity index (χ2v) is 16.4. The molecule has 0 aromatic heterocycles. The van der Waals surface area contributed by atoms with Gasteiger partial charge >= 0.3 is 0 Å². The first-order valence-corrected chi connectivity index (χ1v) is 14.3. The highest BCUT2D eigenvalue weighted by Crippen LogP contribution is 2.69. The third kappa shape index (κ3) is 3.31. The van der Waals surface area contributed by atoms with Crippen molar-refractivity contribution in [2.24, 2.45) is 16.7 Å². The van der Waals surface area contributed by atoms with E-state index in [1.165, 1.54) is 10.4 Å². The van der Waals surface area contributed by atoms with Gasteiger partial charge in [-0.1, -0.05) is 109 Å². The van der Waals surface area contributed by atoms with Crippen molar-refractivity contribution in [2.45, 2.75) is 71.5 Å². The van der Waals surface area contributed by atoms with Crippen molar-refractivity contribution in [3.8, 4) is 0 Å². The first-order valence-electron chi connectivity index (χ1n) is 12.4. The van der Waals surface area contributed by atoms with Crippen molar-refractivity contribution >= 4 is 18.7 Å². The Kier molecular flexibility index (Phi) is 6.44. The molecule has 186 valence electrons. The predicted molar refractivity (Wildman–Crippen MR) is 140 cm³/mol. The van der Waals surface area contributed by atoms with Crippen molar-refractivity contribution < 1.29 is 18.6 Å². The molecule has 1 heterocycles. The highest BCUT2D eigenvalue weighted by molar-refractivity contribution is 6.99. The zero-order chi connectivity index (χ0) is 25.0. The summed E-state index contributed by atoms with van der Waals surface area (Å²) >= 11 is 0. The van der Waals surface area contributed by atoms with E-state index in [0.29, 0.717) is 6.61 Å². The van der Waals surface area contributed by atoms with Gasteiger partial charge < -0.3 is 18.6 Å². The van der Waals surface area contributed by atoms with E-state index < -0.39 is 13.9 Å². The van der Waals surface area contributed by atoms with Gasteiger partial charge in [-0.25, -0.2) is 0 Å². The SMILES string of the molecule is COC1O[C@]2(CO[Si](c3ccccc3)(c3ccccc3)C(C)(C)C)[C@@H](OC)[C@H]1C(C)(C)C2(C)C. The summed E-state index contributed by atoms with van der Waals surface area (Å²) in [6.45, 7) is 16.6. The Hall–Kier alpha value is -1.50. The maximum absolute atomic E-state index is 7.40. The van der Waals surface area contributed by atoms with E-state index in [9.17, 15) is 0 Å². The number of hydrogen-bond acceptors (Lipinski definition) is 4. The monoisotopic (exact) mass is 482 g/mol. The second-order valence-electron chi connectivity index (χ2n) is 12.1. The summed E-state index contributed by atoms with van der Waals surface area (Å²) in [6, 6.07) is 21.6. The molecule has 1 aliphatic carbocycles. The Balaban J connectivity index is 1.87. The van der Waals surface area contributed by atoms with Gasteiger partial charge in [-0.15, -0.1) is 0 Å². The normalized spacial score (nSPS) is 30.0. The Morgan fingerprint density at radius 3 is 1.74 bits per heavy atom. The van der Waals surface area contributed by atoms with Gasteiger partial charge in [0.05, 0.1) is 12.7 Å². The lowest BCUT2D eigenvalue weighted by atomic mass is 9.61. The minimum atomic E-state index is -2.72. The maximum atomic E-state index is 7.40. The molecule has 1 unspecified atom stereocenters. The molecule has 0 radical (unpaired) electrons. The highest BCUT2D eigenvalue weighted by atomic mass is 28.4. The van der Waals surface area contributed by atoms with Crippen molar-refractivity contribution in [3.05, 3.63) is 60.7 Å². The van der Waals surface area contributed by atoms with Gasteiger partial charge in [0, 0.05) is 25.6 Å². The van der Waals surface area contributed by atoms with Crippen LogP contribution < -0.4 is 10.4 Å². The Labute approximate surface area is 207 Å². The number of fused-ring (bicyclic) bond motifs is 2. The molecule has 4 atom stereocenters. The summed E-state index contributed by atoms with van der Waals surface area (Å²) in [5, 5.41) is 2.44. The standard InChI is InChI=1S/C29H42O4Si/c1-26(2,3)34(21-16-12-10-13-17-21,22-18-14-11-15-19-22)32-20-29-24(30-8)23(25(31-9)33-29)27(4,5)28(29,6)7/h10-19,23-25H,20H2,1-9H3/t23-,24+,25?,29-/m1/s1. The Bertz CT molecular complexity index is 943. The molecule has 2 fully saturated rings. The fraction of sp³-hybridized carbons (Fsp3) is 0.586. The van der Waals surface area contributed by atoms with Gasteiger partial charge in [0.15, 0.2) is 6.29 Å². The third-order valence-electron chi connectivity index (χ3n) is 9.31. The second kappa shape index (κ2) is 8.56. The minimum absolute atomic E-state index is 0.0542. The number of benzene rings is 2. The Morgan fingerprint density at radius 2 is 1.32 bits per heavy atom. The first kappa shape index (κ1) is 25.6. The molecule has 2 aliphatic rings. The predicted octanol–water partition coefficient (Wildman–Crippen LogP) is 5.00. The van der Waals surface area contributed by atoms with Crippen LogP contribution in [0.2, 0.25) is 5.04 Å². The van der Waals surface area contributed by atoms with E-state index in [0.717, 1.165) is 0 Å². The van der Waals surface area contributed by atoms with E-state index in [2.05, 4.69) is 109 Å². The molecule has 4 nitrogen and oxygen atoms in total. The van der Waals surface area contributed by atoms with Gasteiger partial charge in [0.25, 0.3) is 8.32 Å². The third-order valence-corrected chi connectivity index (χ3v) is 14.3. The van der Waals surface area contributed by atoms with Crippen LogP contribution in [-0.4, -0.2) is 47.1 Å². The molecule has 4 rings (SSSR count). The number of ether oxygens (including phenoxy) is 3. The minimum Gasteiger partial charge on any atom is -0.404 e. The fourth-order valence-corrected chi connectivity index (χ4v) is 11.4. The molecule has 2 bridgehead atoms. The van der Waals surface area contributed by atoms with E-state index in [1.54, 1.807) is 14.2 Å².